The van der Waals surface area contributed by atoms with Gasteiger partial charge in [-0.3, -0.25) is 0 Å². The summed E-state index contributed by atoms with van der Waals surface area (Å²) in [5.41, 5.74) is 3.87. The van der Waals surface area contributed by atoms with Crippen molar-refractivity contribution in [3.05, 3.63) is 23.3 Å². The first-order valence-electron chi connectivity index (χ1n) is 8.80. The highest BCUT2D eigenvalue weighted by Crippen LogP contribution is 2.62. The van der Waals surface area contributed by atoms with Crippen molar-refractivity contribution in [3.8, 4) is 0 Å². The van der Waals surface area contributed by atoms with E-state index < -0.39 is 0 Å². The maximum atomic E-state index is 10.6. The molecule has 1 heteroatoms. The van der Waals surface area contributed by atoms with Crippen LogP contribution in [0.3, 0.4) is 0 Å². The smallest absolute Gasteiger partial charge is 0.0599 e. The molecule has 0 radical (unpaired) electrons. The summed E-state index contributed by atoms with van der Waals surface area (Å²) < 4.78 is 0. The number of aliphatic hydroxyl groups excluding tert-OH is 1. The lowest BCUT2D eigenvalue weighted by Gasteiger charge is -2.52. The number of fused-ring (bicyclic) bond motifs is 4. The second-order valence-electron chi connectivity index (χ2n) is 7.64. The number of allylic oxidation sites excluding steroid dienone is 4. The zero-order chi connectivity index (χ0) is 13.7. The third kappa shape index (κ3) is 1.65. The van der Waals surface area contributed by atoms with Crippen molar-refractivity contribution >= 4 is 0 Å². The lowest BCUT2D eigenvalue weighted by atomic mass is 9.53. The molecule has 4 rings (SSSR count). The van der Waals surface area contributed by atoms with Gasteiger partial charge in [0.15, 0.2) is 0 Å². The highest BCUT2D eigenvalue weighted by molar-refractivity contribution is 5.30. The summed E-state index contributed by atoms with van der Waals surface area (Å²) in [4.78, 5) is 0. The first kappa shape index (κ1) is 13.1. The van der Waals surface area contributed by atoms with Gasteiger partial charge in [-0.2, -0.15) is 0 Å². The van der Waals surface area contributed by atoms with E-state index in [4.69, 9.17) is 0 Å². The Labute approximate surface area is 123 Å². The van der Waals surface area contributed by atoms with Crippen LogP contribution in [0.2, 0.25) is 0 Å². The van der Waals surface area contributed by atoms with Gasteiger partial charge in [-0.1, -0.05) is 30.2 Å². The van der Waals surface area contributed by atoms with Crippen molar-refractivity contribution in [3.63, 3.8) is 0 Å². The SMILES string of the molecule is CC[C@]12CC[C@@H]3C4=C(CC=CC4)CC[C@H]3[C@@H]1CCC2O. The van der Waals surface area contributed by atoms with Gasteiger partial charge in [0.25, 0.3) is 0 Å². The Balaban J connectivity index is 1.66. The summed E-state index contributed by atoms with van der Waals surface area (Å²) in [6.07, 6.45) is 16.1. The minimum Gasteiger partial charge on any atom is -0.393 e. The third-order valence-corrected chi connectivity index (χ3v) is 7.32. The minimum absolute atomic E-state index is 0.0138. The summed E-state index contributed by atoms with van der Waals surface area (Å²) in [5.74, 6) is 2.55. The maximum absolute atomic E-state index is 10.6. The van der Waals surface area contributed by atoms with Crippen molar-refractivity contribution in [2.75, 3.05) is 0 Å². The highest BCUT2D eigenvalue weighted by atomic mass is 16.3. The minimum atomic E-state index is -0.0138. The molecule has 0 aliphatic heterocycles. The Morgan fingerprint density at radius 2 is 2.00 bits per heavy atom. The number of aliphatic hydroxyl groups is 1. The van der Waals surface area contributed by atoms with Crippen molar-refractivity contribution < 1.29 is 5.11 Å². The fourth-order valence-electron chi connectivity index (χ4n) is 6.31. The van der Waals surface area contributed by atoms with E-state index in [1.54, 1.807) is 5.57 Å². The summed E-state index contributed by atoms with van der Waals surface area (Å²) in [6, 6.07) is 0. The Morgan fingerprint density at radius 1 is 1.15 bits per heavy atom. The third-order valence-electron chi connectivity index (χ3n) is 7.32. The highest BCUT2D eigenvalue weighted by Gasteiger charge is 2.56. The van der Waals surface area contributed by atoms with E-state index in [1.165, 1.54) is 51.4 Å². The molecule has 2 saturated carbocycles. The fourth-order valence-corrected chi connectivity index (χ4v) is 6.31. The molecule has 0 aromatic heterocycles. The number of hydrogen-bond donors (Lipinski definition) is 1. The van der Waals surface area contributed by atoms with Gasteiger partial charge in [-0.05, 0) is 81.0 Å². The second-order valence-corrected chi connectivity index (χ2v) is 7.64. The fraction of sp³-hybridized carbons (Fsp3) is 0.789. The molecule has 0 spiro atoms. The van der Waals surface area contributed by atoms with Gasteiger partial charge >= 0.3 is 0 Å². The van der Waals surface area contributed by atoms with Gasteiger partial charge in [0.05, 0.1) is 6.10 Å². The molecular formula is C19H28O. The quantitative estimate of drug-likeness (QED) is 0.691. The van der Waals surface area contributed by atoms with Gasteiger partial charge in [0, 0.05) is 0 Å². The molecular weight excluding hydrogens is 244 g/mol. The van der Waals surface area contributed by atoms with Crippen LogP contribution in [0.15, 0.2) is 23.3 Å². The summed E-state index contributed by atoms with van der Waals surface area (Å²) >= 11 is 0. The molecule has 110 valence electrons. The predicted octanol–water partition coefficient (Wildman–Crippen LogP) is 4.62. The zero-order valence-corrected chi connectivity index (χ0v) is 12.8. The lowest BCUT2D eigenvalue weighted by Crippen LogP contribution is -2.46. The normalized spacial score (nSPS) is 46.9. The van der Waals surface area contributed by atoms with Crippen LogP contribution >= 0.6 is 0 Å². The van der Waals surface area contributed by atoms with Crippen LogP contribution in [0.25, 0.3) is 0 Å². The molecule has 1 N–H and O–H groups in total. The van der Waals surface area contributed by atoms with Crippen LogP contribution in [0, 0.1) is 23.2 Å². The summed E-state index contributed by atoms with van der Waals surface area (Å²) in [5, 5.41) is 10.6. The maximum Gasteiger partial charge on any atom is 0.0599 e. The lowest BCUT2D eigenvalue weighted by molar-refractivity contribution is -0.0472. The molecule has 0 bridgehead atoms. The Morgan fingerprint density at radius 3 is 2.85 bits per heavy atom. The number of hydrogen-bond acceptors (Lipinski definition) is 1. The van der Waals surface area contributed by atoms with Crippen molar-refractivity contribution in [1.82, 2.24) is 0 Å². The molecule has 20 heavy (non-hydrogen) atoms. The van der Waals surface area contributed by atoms with Crippen molar-refractivity contribution in [2.45, 2.75) is 70.8 Å². The molecule has 0 aromatic carbocycles. The molecule has 2 fully saturated rings. The summed E-state index contributed by atoms with van der Waals surface area (Å²) in [6.45, 7) is 2.32. The van der Waals surface area contributed by atoms with Gasteiger partial charge in [0.2, 0.25) is 0 Å². The average molecular weight is 272 g/mol. The molecule has 0 saturated heterocycles. The molecule has 4 aliphatic carbocycles. The monoisotopic (exact) mass is 272 g/mol. The van der Waals surface area contributed by atoms with Gasteiger partial charge in [0.1, 0.15) is 0 Å². The second kappa shape index (κ2) is 4.73. The van der Waals surface area contributed by atoms with E-state index in [1.807, 2.05) is 5.57 Å². The van der Waals surface area contributed by atoms with E-state index in [0.29, 0.717) is 0 Å². The molecule has 1 nitrogen and oxygen atoms in total. The Kier molecular flexibility index (Phi) is 3.10. The van der Waals surface area contributed by atoms with Crippen molar-refractivity contribution in [2.24, 2.45) is 23.2 Å². The molecule has 0 heterocycles. The zero-order valence-electron chi connectivity index (χ0n) is 12.8. The Hall–Kier alpha value is -0.560. The standard InChI is InChI=1S/C19H28O/c1-2-19-12-11-15-14-6-4-3-5-13(14)7-8-16(15)17(19)9-10-18(19)20/h3-4,15-18,20H,2,5-12H2,1H3/t15-,16-,17+,18?,19+/m1/s1. The largest absolute Gasteiger partial charge is 0.393 e. The first-order chi connectivity index (χ1) is 9.76. The van der Waals surface area contributed by atoms with E-state index in [2.05, 4.69) is 19.1 Å². The van der Waals surface area contributed by atoms with Crippen LogP contribution in [0.1, 0.15) is 64.7 Å². The van der Waals surface area contributed by atoms with Crippen LogP contribution in [0.5, 0.6) is 0 Å². The first-order valence-corrected chi connectivity index (χ1v) is 8.80. The average Bonchev–Trinajstić information content (AvgIpc) is 2.85. The van der Waals surface area contributed by atoms with Crippen LogP contribution in [-0.4, -0.2) is 11.2 Å². The summed E-state index contributed by atoms with van der Waals surface area (Å²) in [7, 11) is 0. The Bertz CT molecular complexity index is 460. The number of rotatable bonds is 1. The van der Waals surface area contributed by atoms with E-state index in [-0.39, 0.29) is 11.5 Å². The van der Waals surface area contributed by atoms with Gasteiger partial charge in [-0.15, -0.1) is 0 Å². The molecule has 4 aliphatic rings. The van der Waals surface area contributed by atoms with Crippen LogP contribution < -0.4 is 0 Å². The van der Waals surface area contributed by atoms with Gasteiger partial charge < -0.3 is 5.11 Å². The molecule has 0 aromatic rings. The van der Waals surface area contributed by atoms with Gasteiger partial charge in [-0.25, -0.2) is 0 Å². The van der Waals surface area contributed by atoms with E-state index >= 15 is 0 Å². The predicted molar refractivity (Wildman–Crippen MR) is 82.3 cm³/mol. The van der Waals surface area contributed by atoms with Crippen molar-refractivity contribution in [1.29, 1.82) is 0 Å². The van der Waals surface area contributed by atoms with E-state index in [0.717, 1.165) is 24.2 Å². The van der Waals surface area contributed by atoms with Crippen LogP contribution in [0.4, 0.5) is 0 Å². The topological polar surface area (TPSA) is 20.2 Å². The molecule has 5 atom stereocenters. The molecule has 1 unspecified atom stereocenters. The van der Waals surface area contributed by atoms with Crippen LogP contribution in [-0.2, 0) is 0 Å². The molecule has 0 amide bonds. The van der Waals surface area contributed by atoms with E-state index in [9.17, 15) is 5.11 Å².